The van der Waals surface area contributed by atoms with Gasteiger partial charge in [-0.1, -0.05) is 18.2 Å². The summed E-state index contributed by atoms with van der Waals surface area (Å²) in [6.07, 6.45) is -0.648. The van der Waals surface area contributed by atoms with Gasteiger partial charge in [0.15, 0.2) is 6.10 Å². The van der Waals surface area contributed by atoms with Crippen molar-refractivity contribution in [1.29, 1.82) is 0 Å². The molecule has 2 aromatic carbocycles. The number of carbonyl (C=O) groups excluding carboxylic acids is 2. The fraction of sp³-hybridized carbons (Fsp3) is 0.263. The fourth-order valence-corrected chi connectivity index (χ4v) is 2.27. The number of aryl methyl sites for hydroxylation is 2. The molecule has 0 saturated heterocycles. The maximum atomic E-state index is 12.3. The van der Waals surface area contributed by atoms with Gasteiger partial charge in [0.25, 0.3) is 5.91 Å². The summed E-state index contributed by atoms with van der Waals surface area (Å²) in [6, 6.07) is 12.3. The van der Waals surface area contributed by atoms with Crippen molar-refractivity contribution in [2.75, 3.05) is 12.4 Å². The number of methoxy groups -OCH3 is 1. The van der Waals surface area contributed by atoms with Gasteiger partial charge in [-0.05, 0) is 56.2 Å². The van der Waals surface area contributed by atoms with E-state index in [1.165, 1.54) is 7.11 Å². The molecule has 0 fully saturated rings. The minimum Gasteiger partial charge on any atom is -0.480 e. The summed E-state index contributed by atoms with van der Waals surface area (Å²) in [5.41, 5.74) is 2.98. The Bertz CT molecular complexity index is 717. The number of nitrogens with one attached hydrogen (secondary N) is 1. The lowest BCUT2D eigenvalue weighted by Crippen LogP contribution is -2.30. The predicted octanol–water partition coefficient (Wildman–Crippen LogP) is 3.50. The first kappa shape index (κ1) is 17.5. The molecule has 24 heavy (non-hydrogen) atoms. The summed E-state index contributed by atoms with van der Waals surface area (Å²) in [5.74, 6) is 0.0456. The Hall–Kier alpha value is -2.82. The number of carbonyl (C=O) groups is 2. The second kappa shape index (κ2) is 7.64. The van der Waals surface area contributed by atoms with E-state index in [1.807, 2.05) is 32.0 Å². The average molecular weight is 327 g/mol. The van der Waals surface area contributed by atoms with Crippen LogP contribution in [0.5, 0.6) is 5.75 Å². The summed E-state index contributed by atoms with van der Waals surface area (Å²) in [6.45, 7) is 5.58. The number of hydrogen-bond donors (Lipinski definition) is 1. The number of rotatable bonds is 5. The van der Waals surface area contributed by atoms with Crippen molar-refractivity contribution in [3.63, 3.8) is 0 Å². The van der Waals surface area contributed by atoms with Gasteiger partial charge in [0, 0.05) is 5.69 Å². The van der Waals surface area contributed by atoms with Crippen LogP contribution in [0.2, 0.25) is 0 Å². The third-order valence-corrected chi connectivity index (χ3v) is 3.65. The number of benzene rings is 2. The maximum absolute atomic E-state index is 12.3. The second-order valence-electron chi connectivity index (χ2n) is 5.54. The Morgan fingerprint density at radius 1 is 1.00 bits per heavy atom. The SMILES string of the molecule is COC(=O)c1ccc(NC(=O)[C@H](C)Oc2c(C)cccc2C)cc1. The van der Waals surface area contributed by atoms with Crippen molar-refractivity contribution >= 4 is 17.6 Å². The molecule has 1 atom stereocenters. The smallest absolute Gasteiger partial charge is 0.337 e. The topological polar surface area (TPSA) is 64.6 Å². The summed E-state index contributed by atoms with van der Waals surface area (Å²) in [4.78, 5) is 23.7. The highest BCUT2D eigenvalue weighted by Crippen LogP contribution is 2.23. The number of para-hydroxylation sites is 1. The van der Waals surface area contributed by atoms with Crippen LogP contribution < -0.4 is 10.1 Å². The highest BCUT2D eigenvalue weighted by molar-refractivity contribution is 5.95. The molecule has 5 nitrogen and oxygen atoms in total. The average Bonchev–Trinajstić information content (AvgIpc) is 2.58. The van der Waals surface area contributed by atoms with Crippen LogP contribution in [-0.2, 0) is 9.53 Å². The molecular weight excluding hydrogens is 306 g/mol. The monoisotopic (exact) mass is 327 g/mol. The van der Waals surface area contributed by atoms with Gasteiger partial charge in [-0.15, -0.1) is 0 Å². The standard InChI is InChI=1S/C19H21NO4/c1-12-6-5-7-13(2)17(12)24-14(3)18(21)20-16-10-8-15(9-11-16)19(22)23-4/h5-11,14H,1-4H3,(H,20,21)/t14-/m0/s1. The van der Waals surface area contributed by atoms with Gasteiger partial charge in [0.05, 0.1) is 12.7 Å². The van der Waals surface area contributed by atoms with Crippen LogP contribution in [0.25, 0.3) is 0 Å². The normalized spacial score (nSPS) is 11.5. The number of ether oxygens (including phenoxy) is 2. The van der Waals surface area contributed by atoms with Crippen molar-refractivity contribution in [3.05, 3.63) is 59.2 Å². The van der Waals surface area contributed by atoms with Gasteiger partial charge < -0.3 is 14.8 Å². The number of anilines is 1. The molecule has 0 aliphatic rings. The van der Waals surface area contributed by atoms with E-state index in [0.717, 1.165) is 16.9 Å². The lowest BCUT2D eigenvalue weighted by atomic mass is 10.1. The van der Waals surface area contributed by atoms with Crippen molar-refractivity contribution in [2.45, 2.75) is 26.9 Å². The lowest BCUT2D eigenvalue weighted by Gasteiger charge is -2.18. The Labute approximate surface area is 141 Å². The van der Waals surface area contributed by atoms with Crippen LogP contribution in [0.4, 0.5) is 5.69 Å². The molecule has 0 heterocycles. The first-order valence-electron chi connectivity index (χ1n) is 7.64. The van der Waals surface area contributed by atoms with Crippen LogP contribution in [0.3, 0.4) is 0 Å². The third-order valence-electron chi connectivity index (χ3n) is 3.65. The minimum absolute atomic E-state index is 0.261. The lowest BCUT2D eigenvalue weighted by molar-refractivity contribution is -0.122. The highest BCUT2D eigenvalue weighted by Gasteiger charge is 2.17. The van der Waals surface area contributed by atoms with Crippen molar-refractivity contribution in [3.8, 4) is 5.75 Å². The predicted molar refractivity (Wildman–Crippen MR) is 92.4 cm³/mol. The van der Waals surface area contributed by atoms with Crippen LogP contribution in [0.1, 0.15) is 28.4 Å². The third kappa shape index (κ3) is 4.13. The zero-order chi connectivity index (χ0) is 17.7. The molecule has 0 aliphatic heterocycles. The summed E-state index contributed by atoms with van der Waals surface area (Å²) in [7, 11) is 1.32. The first-order chi connectivity index (χ1) is 11.4. The quantitative estimate of drug-likeness (QED) is 0.854. The molecule has 5 heteroatoms. The van der Waals surface area contributed by atoms with E-state index in [0.29, 0.717) is 11.3 Å². The molecule has 2 aromatic rings. The Morgan fingerprint density at radius 2 is 1.58 bits per heavy atom. The molecule has 0 bridgehead atoms. The zero-order valence-electron chi connectivity index (χ0n) is 14.3. The molecule has 0 unspecified atom stereocenters. The number of esters is 1. The molecule has 0 spiro atoms. The van der Waals surface area contributed by atoms with Crippen molar-refractivity contribution < 1.29 is 19.1 Å². The summed E-state index contributed by atoms with van der Waals surface area (Å²) < 4.78 is 10.4. The van der Waals surface area contributed by atoms with Crippen molar-refractivity contribution in [2.24, 2.45) is 0 Å². The maximum Gasteiger partial charge on any atom is 0.337 e. The van der Waals surface area contributed by atoms with Crippen LogP contribution in [-0.4, -0.2) is 25.1 Å². The highest BCUT2D eigenvalue weighted by atomic mass is 16.5. The molecule has 126 valence electrons. The zero-order valence-corrected chi connectivity index (χ0v) is 14.3. The first-order valence-corrected chi connectivity index (χ1v) is 7.64. The van der Waals surface area contributed by atoms with Crippen LogP contribution >= 0.6 is 0 Å². The van der Waals surface area contributed by atoms with Crippen LogP contribution in [0, 0.1) is 13.8 Å². The molecule has 1 N–H and O–H groups in total. The number of hydrogen-bond acceptors (Lipinski definition) is 4. The van der Waals surface area contributed by atoms with E-state index >= 15 is 0 Å². The molecule has 0 radical (unpaired) electrons. The molecule has 0 aromatic heterocycles. The summed E-state index contributed by atoms with van der Waals surface area (Å²) in [5, 5.41) is 2.77. The Morgan fingerprint density at radius 3 is 2.12 bits per heavy atom. The van der Waals surface area contributed by atoms with Gasteiger partial charge in [0.1, 0.15) is 5.75 Å². The molecule has 2 rings (SSSR count). The molecule has 1 amide bonds. The van der Waals surface area contributed by atoms with Crippen molar-refractivity contribution in [1.82, 2.24) is 0 Å². The number of amides is 1. The molecule has 0 saturated carbocycles. The van der Waals surface area contributed by atoms with E-state index < -0.39 is 12.1 Å². The van der Waals surface area contributed by atoms with E-state index in [4.69, 9.17) is 4.74 Å². The molecular formula is C19H21NO4. The van der Waals surface area contributed by atoms with Gasteiger partial charge in [0.2, 0.25) is 0 Å². The van der Waals surface area contributed by atoms with E-state index in [9.17, 15) is 9.59 Å². The van der Waals surface area contributed by atoms with E-state index in [1.54, 1.807) is 31.2 Å². The van der Waals surface area contributed by atoms with Crippen LogP contribution in [0.15, 0.2) is 42.5 Å². The Balaban J connectivity index is 2.02. The molecule has 0 aliphatic carbocycles. The summed E-state index contributed by atoms with van der Waals surface area (Å²) >= 11 is 0. The van der Waals surface area contributed by atoms with E-state index in [-0.39, 0.29) is 5.91 Å². The van der Waals surface area contributed by atoms with Gasteiger partial charge in [-0.3, -0.25) is 4.79 Å². The Kier molecular flexibility index (Phi) is 5.58. The fourth-order valence-electron chi connectivity index (χ4n) is 2.27. The second-order valence-corrected chi connectivity index (χ2v) is 5.54. The largest absolute Gasteiger partial charge is 0.480 e. The van der Waals surface area contributed by atoms with Gasteiger partial charge in [-0.2, -0.15) is 0 Å². The van der Waals surface area contributed by atoms with E-state index in [2.05, 4.69) is 10.1 Å². The van der Waals surface area contributed by atoms with Gasteiger partial charge in [-0.25, -0.2) is 4.79 Å². The van der Waals surface area contributed by atoms with Gasteiger partial charge >= 0.3 is 5.97 Å². The minimum atomic E-state index is -0.648.